The van der Waals surface area contributed by atoms with Gasteiger partial charge in [0.05, 0.1) is 12.9 Å². The molecule has 1 heterocycles. The van der Waals surface area contributed by atoms with Crippen LogP contribution >= 0.6 is 11.8 Å². The zero-order valence-electron chi connectivity index (χ0n) is 19.2. The van der Waals surface area contributed by atoms with E-state index < -0.39 is 0 Å². The summed E-state index contributed by atoms with van der Waals surface area (Å²) in [5.41, 5.74) is 2.81. The number of thioether (sulfide) groups is 1. The smallest absolute Gasteiger partial charge is 0.323 e. The first-order chi connectivity index (χ1) is 17.0. The number of carbonyl (C=O) groups excluding carboxylic acids is 2. The number of nitrogens with zero attached hydrogens (tertiary/aromatic N) is 3. The Hall–Kier alpha value is -4.31. The molecule has 0 saturated heterocycles. The Kier molecular flexibility index (Phi) is 7.63. The third-order valence-electron chi connectivity index (χ3n) is 4.92. The lowest BCUT2D eigenvalue weighted by Gasteiger charge is -2.10. The van der Waals surface area contributed by atoms with Gasteiger partial charge in [0, 0.05) is 22.7 Å². The van der Waals surface area contributed by atoms with Gasteiger partial charge >= 0.3 is 6.03 Å². The number of hydrogen-bond donors (Lipinski definition) is 3. The normalized spacial score (nSPS) is 10.5. The Labute approximate surface area is 206 Å². The van der Waals surface area contributed by atoms with Crippen LogP contribution in [0.4, 0.5) is 21.9 Å². The fourth-order valence-corrected chi connectivity index (χ4v) is 4.04. The summed E-state index contributed by atoms with van der Waals surface area (Å²) >= 11 is 1.29. The summed E-state index contributed by atoms with van der Waals surface area (Å²) in [4.78, 5) is 24.6. The van der Waals surface area contributed by atoms with Gasteiger partial charge in [-0.1, -0.05) is 30.0 Å². The van der Waals surface area contributed by atoms with Gasteiger partial charge in [0.15, 0.2) is 5.16 Å². The third kappa shape index (κ3) is 6.39. The van der Waals surface area contributed by atoms with E-state index in [1.807, 2.05) is 54.0 Å². The second-order valence-electron chi connectivity index (χ2n) is 7.42. The van der Waals surface area contributed by atoms with Crippen molar-refractivity contribution in [2.45, 2.75) is 12.1 Å². The molecule has 0 fully saturated rings. The van der Waals surface area contributed by atoms with Gasteiger partial charge in [0.25, 0.3) is 0 Å². The zero-order valence-corrected chi connectivity index (χ0v) is 20.0. The van der Waals surface area contributed by atoms with Crippen LogP contribution in [0.3, 0.4) is 0 Å². The maximum absolute atomic E-state index is 12.5. The minimum Gasteiger partial charge on any atom is -0.497 e. The van der Waals surface area contributed by atoms with Crippen LogP contribution in [-0.2, 0) is 4.79 Å². The molecule has 3 aromatic carbocycles. The molecule has 0 atom stereocenters. The Morgan fingerprint density at radius 1 is 0.829 bits per heavy atom. The van der Waals surface area contributed by atoms with Crippen molar-refractivity contribution in [3.8, 4) is 11.4 Å². The first kappa shape index (κ1) is 23.8. The van der Waals surface area contributed by atoms with Crippen molar-refractivity contribution < 1.29 is 14.3 Å². The van der Waals surface area contributed by atoms with Crippen LogP contribution in [-0.4, -0.2) is 39.6 Å². The van der Waals surface area contributed by atoms with E-state index in [0.717, 1.165) is 17.3 Å². The lowest BCUT2D eigenvalue weighted by Crippen LogP contribution is -2.19. The van der Waals surface area contributed by atoms with Gasteiger partial charge in [-0.05, 0) is 67.6 Å². The molecule has 0 spiro atoms. The molecular formula is C25H24N6O3S. The molecule has 35 heavy (non-hydrogen) atoms. The van der Waals surface area contributed by atoms with Gasteiger partial charge in [0.2, 0.25) is 5.91 Å². The van der Waals surface area contributed by atoms with Gasteiger partial charge in [-0.15, -0.1) is 10.2 Å². The molecule has 0 aliphatic heterocycles. The number of para-hydroxylation sites is 1. The number of benzene rings is 3. The van der Waals surface area contributed by atoms with Crippen LogP contribution in [0.5, 0.6) is 5.75 Å². The van der Waals surface area contributed by atoms with E-state index in [1.165, 1.54) is 11.8 Å². The first-order valence-corrected chi connectivity index (χ1v) is 11.7. The Morgan fingerprint density at radius 2 is 1.43 bits per heavy atom. The van der Waals surface area contributed by atoms with Crippen molar-refractivity contribution in [1.82, 2.24) is 14.8 Å². The molecule has 10 heteroatoms. The minimum absolute atomic E-state index is 0.160. The molecule has 178 valence electrons. The zero-order chi connectivity index (χ0) is 24.6. The quantitative estimate of drug-likeness (QED) is 0.303. The van der Waals surface area contributed by atoms with Crippen LogP contribution in [0, 0.1) is 6.92 Å². The fraction of sp³-hybridized carbons (Fsp3) is 0.120. The molecule has 4 rings (SSSR count). The van der Waals surface area contributed by atoms with Crippen LogP contribution in [0.25, 0.3) is 5.69 Å². The molecule has 0 saturated carbocycles. The standard InChI is InChI=1S/C25H24N6O3S/c1-17-29-30-25(31(17)21-12-14-22(34-2)15-13-21)35-16-23(32)26-19-8-10-20(11-9-19)28-24(33)27-18-6-4-3-5-7-18/h3-15H,16H2,1-2H3,(H,26,32)(H2,27,28,33). The van der Waals surface area contributed by atoms with Crippen molar-refractivity contribution in [3.63, 3.8) is 0 Å². The predicted octanol–water partition coefficient (Wildman–Crippen LogP) is 4.96. The van der Waals surface area contributed by atoms with Crippen molar-refractivity contribution >= 4 is 40.8 Å². The van der Waals surface area contributed by atoms with E-state index in [9.17, 15) is 9.59 Å². The summed E-state index contributed by atoms with van der Waals surface area (Å²) in [5.74, 6) is 1.45. The number of nitrogens with one attached hydrogen (secondary N) is 3. The molecule has 3 amide bonds. The number of methoxy groups -OCH3 is 1. The molecule has 9 nitrogen and oxygen atoms in total. The number of amides is 3. The number of aryl methyl sites for hydroxylation is 1. The van der Waals surface area contributed by atoms with Crippen LogP contribution in [0.2, 0.25) is 0 Å². The van der Waals surface area contributed by atoms with Gasteiger partial charge in [-0.3, -0.25) is 9.36 Å². The average molecular weight is 489 g/mol. The molecule has 0 radical (unpaired) electrons. The molecule has 0 aliphatic carbocycles. The Bertz CT molecular complexity index is 1290. The molecule has 4 aromatic rings. The third-order valence-corrected chi connectivity index (χ3v) is 5.85. The van der Waals surface area contributed by atoms with Crippen LogP contribution < -0.4 is 20.7 Å². The highest BCUT2D eigenvalue weighted by molar-refractivity contribution is 7.99. The Balaban J connectivity index is 1.30. The van der Waals surface area contributed by atoms with Gasteiger partial charge < -0.3 is 20.7 Å². The van der Waals surface area contributed by atoms with Crippen molar-refractivity contribution in [1.29, 1.82) is 0 Å². The molecule has 0 bridgehead atoms. The highest BCUT2D eigenvalue weighted by atomic mass is 32.2. The summed E-state index contributed by atoms with van der Waals surface area (Å²) in [5, 5.41) is 17.3. The monoisotopic (exact) mass is 488 g/mol. The average Bonchev–Trinajstić information content (AvgIpc) is 3.24. The maximum Gasteiger partial charge on any atom is 0.323 e. The van der Waals surface area contributed by atoms with Gasteiger partial charge in [0.1, 0.15) is 11.6 Å². The van der Waals surface area contributed by atoms with E-state index in [4.69, 9.17) is 4.74 Å². The van der Waals surface area contributed by atoms with E-state index >= 15 is 0 Å². The number of carbonyl (C=O) groups is 2. The maximum atomic E-state index is 12.5. The van der Waals surface area contributed by atoms with Gasteiger partial charge in [-0.2, -0.15) is 0 Å². The Morgan fingerprint density at radius 3 is 2.06 bits per heavy atom. The van der Waals surface area contributed by atoms with Crippen LogP contribution in [0.15, 0.2) is 84.0 Å². The minimum atomic E-state index is -0.347. The molecule has 0 unspecified atom stereocenters. The number of urea groups is 1. The summed E-state index contributed by atoms with van der Waals surface area (Å²) in [7, 11) is 1.62. The molecule has 1 aromatic heterocycles. The molecular weight excluding hydrogens is 464 g/mol. The molecule has 0 aliphatic rings. The van der Waals surface area contributed by atoms with Gasteiger partial charge in [-0.25, -0.2) is 4.79 Å². The van der Waals surface area contributed by atoms with Crippen molar-refractivity contribution in [2.75, 3.05) is 28.8 Å². The number of ether oxygens (including phenoxy) is 1. The van der Waals surface area contributed by atoms with E-state index in [-0.39, 0.29) is 17.7 Å². The fourth-order valence-electron chi connectivity index (χ4n) is 3.24. The lowest BCUT2D eigenvalue weighted by atomic mass is 10.3. The van der Waals surface area contributed by atoms with Crippen molar-refractivity contribution in [3.05, 3.63) is 84.7 Å². The largest absolute Gasteiger partial charge is 0.497 e. The second kappa shape index (κ2) is 11.2. The van der Waals surface area contributed by atoms with E-state index in [1.54, 1.807) is 43.5 Å². The van der Waals surface area contributed by atoms with Crippen LogP contribution in [0.1, 0.15) is 5.82 Å². The summed E-state index contributed by atoms with van der Waals surface area (Å²) in [6.45, 7) is 1.86. The lowest BCUT2D eigenvalue weighted by molar-refractivity contribution is -0.113. The van der Waals surface area contributed by atoms with E-state index in [2.05, 4.69) is 26.1 Å². The number of aromatic nitrogens is 3. The highest BCUT2D eigenvalue weighted by Gasteiger charge is 2.14. The van der Waals surface area contributed by atoms with Crippen molar-refractivity contribution in [2.24, 2.45) is 0 Å². The topological polar surface area (TPSA) is 110 Å². The summed E-state index contributed by atoms with van der Waals surface area (Å²) in [6, 6.07) is 23.3. The number of hydrogen-bond acceptors (Lipinski definition) is 6. The number of anilines is 3. The summed E-state index contributed by atoms with van der Waals surface area (Å²) in [6.07, 6.45) is 0. The second-order valence-corrected chi connectivity index (χ2v) is 8.37. The number of rotatable bonds is 8. The molecule has 3 N–H and O–H groups in total. The predicted molar refractivity (Wildman–Crippen MR) is 138 cm³/mol. The van der Waals surface area contributed by atoms with E-state index in [0.29, 0.717) is 22.2 Å². The summed E-state index contributed by atoms with van der Waals surface area (Å²) < 4.78 is 7.10. The SMILES string of the molecule is COc1ccc(-n2c(C)nnc2SCC(=O)Nc2ccc(NC(=O)Nc3ccccc3)cc2)cc1. The highest BCUT2D eigenvalue weighted by Crippen LogP contribution is 2.24. The first-order valence-electron chi connectivity index (χ1n) is 10.7.